The number of fused-ring (bicyclic) bond motifs is 5. The Morgan fingerprint density at radius 3 is 2.73 bits per heavy atom. The van der Waals surface area contributed by atoms with Crippen LogP contribution in [0.5, 0.6) is 23.0 Å². The second-order valence-electron chi connectivity index (χ2n) is 8.07. The summed E-state index contributed by atoms with van der Waals surface area (Å²) in [6.45, 7) is 2.85. The Hall–Kier alpha value is -2.99. The Morgan fingerprint density at radius 1 is 1.10 bits per heavy atom. The molecule has 0 spiro atoms. The molecule has 156 valence electrons. The van der Waals surface area contributed by atoms with Gasteiger partial charge in [0.2, 0.25) is 12.5 Å². The molecule has 0 fully saturated rings. The zero-order valence-electron chi connectivity index (χ0n) is 17.7. The van der Waals surface area contributed by atoms with Gasteiger partial charge in [-0.1, -0.05) is 0 Å². The molecule has 0 N–H and O–H groups in total. The highest BCUT2D eigenvalue weighted by Gasteiger charge is 2.28. The summed E-state index contributed by atoms with van der Waals surface area (Å²) in [5.74, 6) is 3.26. The lowest BCUT2D eigenvalue weighted by Gasteiger charge is -2.18. The van der Waals surface area contributed by atoms with Gasteiger partial charge in [-0.2, -0.15) is 4.57 Å². The van der Waals surface area contributed by atoms with Crippen LogP contribution in [0, 0.1) is 0 Å². The molecule has 1 aromatic heterocycles. The topological polar surface area (TPSA) is 44.0 Å². The van der Waals surface area contributed by atoms with Crippen LogP contribution >= 0.6 is 0 Å². The van der Waals surface area contributed by atoms with Crippen molar-refractivity contribution in [2.75, 3.05) is 41.1 Å². The summed E-state index contributed by atoms with van der Waals surface area (Å²) in [4.78, 5) is 2.17. The molecule has 6 heteroatoms. The minimum atomic E-state index is 0.296. The summed E-state index contributed by atoms with van der Waals surface area (Å²) in [5, 5.41) is 2.21. The van der Waals surface area contributed by atoms with Gasteiger partial charge in [0.1, 0.15) is 0 Å². The molecule has 0 bridgehead atoms. The fourth-order valence-electron chi connectivity index (χ4n) is 4.26. The van der Waals surface area contributed by atoms with E-state index in [1.165, 1.54) is 16.8 Å². The molecule has 3 aromatic rings. The van der Waals surface area contributed by atoms with Crippen molar-refractivity contribution in [2.45, 2.75) is 19.4 Å². The molecular formula is C24H27N2O4+. The van der Waals surface area contributed by atoms with Gasteiger partial charge in [0.15, 0.2) is 35.7 Å². The lowest BCUT2D eigenvalue weighted by Crippen LogP contribution is -2.40. The molecule has 6 nitrogen and oxygen atoms in total. The summed E-state index contributed by atoms with van der Waals surface area (Å²) in [6, 6.07) is 10.6. The maximum atomic E-state index is 6.21. The summed E-state index contributed by atoms with van der Waals surface area (Å²) in [6.07, 6.45) is 4.12. The predicted molar refractivity (Wildman–Crippen MR) is 115 cm³/mol. The van der Waals surface area contributed by atoms with Crippen LogP contribution in [-0.2, 0) is 13.0 Å². The number of aryl methyl sites for hydroxylation is 2. The number of aromatic nitrogens is 1. The lowest BCUT2D eigenvalue weighted by atomic mass is 9.95. The van der Waals surface area contributed by atoms with Crippen LogP contribution in [0.15, 0.2) is 36.5 Å². The van der Waals surface area contributed by atoms with Crippen molar-refractivity contribution in [3.8, 4) is 34.3 Å². The van der Waals surface area contributed by atoms with Crippen LogP contribution in [0.4, 0.5) is 0 Å². The first-order valence-electron chi connectivity index (χ1n) is 10.4. The highest BCUT2D eigenvalue weighted by molar-refractivity contribution is 5.91. The molecule has 0 atom stereocenters. The van der Waals surface area contributed by atoms with E-state index in [0.717, 1.165) is 59.7 Å². The Kier molecular flexibility index (Phi) is 4.87. The number of pyridine rings is 1. The Morgan fingerprint density at radius 2 is 1.93 bits per heavy atom. The number of nitrogens with zero attached hydrogens (tertiary/aromatic N) is 2. The number of hydrogen-bond acceptors (Lipinski definition) is 5. The quantitative estimate of drug-likeness (QED) is 0.463. The Balaban J connectivity index is 1.56. The van der Waals surface area contributed by atoms with Crippen molar-refractivity contribution in [3.05, 3.63) is 42.1 Å². The average Bonchev–Trinajstić information content (AvgIpc) is 3.21. The molecule has 0 radical (unpaired) electrons. The van der Waals surface area contributed by atoms with Gasteiger partial charge < -0.3 is 23.8 Å². The monoisotopic (exact) mass is 407 g/mol. The smallest absolute Gasteiger partial charge is 0.231 e. The maximum Gasteiger partial charge on any atom is 0.231 e. The van der Waals surface area contributed by atoms with E-state index in [9.17, 15) is 0 Å². The second-order valence-corrected chi connectivity index (χ2v) is 8.07. The summed E-state index contributed by atoms with van der Waals surface area (Å²) in [5.41, 5.74) is 3.69. The predicted octanol–water partition coefficient (Wildman–Crippen LogP) is 3.42. The van der Waals surface area contributed by atoms with E-state index < -0.39 is 0 Å². The van der Waals surface area contributed by atoms with Crippen LogP contribution in [0.25, 0.3) is 22.0 Å². The molecule has 0 unspecified atom stereocenters. The third-order valence-corrected chi connectivity index (χ3v) is 5.79. The van der Waals surface area contributed by atoms with Crippen molar-refractivity contribution in [2.24, 2.45) is 0 Å². The molecule has 2 aromatic carbocycles. The molecule has 2 aliphatic rings. The molecule has 0 amide bonds. The minimum Gasteiger partial charge on any atom is -0.493 e. The van der Waals surface area contributed by atoms with Gasteiger partial charge in [0.05, 0.1) is 24.7 Å². The van der Waals surface area contributed by atoms with Gasteiger partial charge >= 0.3 is 0 Å². The molecule has 3 heterocycles. The van der Waals surface area contributed by atoms with Gasteiger partial charge in [-0.15, -0.1) is 0 Å². The van der Waals surface area contributed by atoms with E-state index >= 15 is 0 Å². The SMILES string of the molecule is COc1ccc2cc3[n+](cc2c1OCCCN(C)C)CCc1cc2c(cc1-3)OCO2. The molecule has 0 saturated carbocycles. The van der Waals surface area contributed by atoms with E-state index in [0.29, 0.717) is 13.4 Å². The van der Waals surface area contributed by atoms with E-state index in [2.05, 4.69) is 54.0 Å². The van der Waals surface area contributed by atoms with E-state index in [1.54, 1.807) is 7.11 Å². The fourth-order valence-corrected chi connectivity index (χ4v) is 4.26. The van der Waals surface area contributed by atoms with Gasteiger partial charge in [-0.05, 0) is 55.7 Å². The average molecular weight is 407 g/mol. The highest BCUT2D eigenvalue weighted by atomic mass is 16.7. The molecule has 2 aliphatic heterocycles. The minimum absolute atomic E-state index is 0.296. The lowest BCUT2D eigenvalue weighted by molar-refractivity contribution is -0.686. The fraction of sp³-hybridized carbons (Fsp3) is 0.375. The molecule has 30 heavy (non-hydrogen) atoms. The maximum absolute atomic E-state index is 6.21. The zero-order chi connectivity index (χ0) is 20.7. The molecule has 0 saturated heterocycles. The third kappa shape index (κ3) is 3.31. The van der Waals surface area contributed by atoms with Crippen LogP contribution in [0.3, 0.4) is 0 Å². The molecular weight excluding hydrogens is 380 g/mol. The Labute approximate surface area is 176 Å². The van der Waals surface area contributed by atoms with Crippen LogP contribution in [0.1, 0.15) is 12.0 Å². The van der Waals surface area contributed by atoms with E-state index in [4.69, 9.17) is 18.9 Å². The number of ether oxygens (including phenoxy) is 4. The van der Waals surface area contributed by atoms with Crippen LogP contribution < -0.4 is 23.5 Å². The summed E-state index contributed by atoms with van der Waals surface area (Å²) in [7, 11) is 5.84. The standard InChI is InChI=1S/C24H27N2O4/c1-25(2)8-4-10-28-24-19-14-26-9-7-17-12-22-23(30-15-29-22)13-18(17)20(26)11-16(19)5-6-21(24)27-3/h5-6,11-14H,4,7-10,15H2,1-3H3/q+1. The summed E-state index contributed by atoms with van der Waals surface area (Å²) < 4.78 is 25.3. The molecule has 0 aliphatic carbocycles. The first-order valence-corrected chi connectivity index (χ1v) is 10.4. The van der Waals surface area contributed by atoms with Gasteiger partial charge in [0, 0.05) is 19.0 Å². The van der Waals surface area contributed by atoms with Crippen molar-refractivity contribution in [1.82, 2.24) is 4.90 Å². The van der Waals surface area contributed by atoms with E-state index in [-0.39, 0.29) is 0 Å². The van der Waals surface area contributed by atoms with Gasteiger partial charge in [0.25, 0.3) is 0 Å². The number of benzene rings is 2. The largest absolute Gasteiger partial charge is 0.493 e. The van der Waals surface area contributed by atoms with Gasteiger partial charge in [-0.25, -0.2) is 0 Å². The summed E-state index contributed by atoms with van der Waals surface area (Å²) >= 11 is 0. The van der Waals surface area contributed by atoms with Crippen molar-refractivity contribution < 1.29 is 23.5 Å². The number of rotatable bonds is 6. The van der Waals surface area contributed by atoms with Crippen LogP contribution in [0.2, 0.25) is 0 Å². The first kappa shape index (κ1) is 19.0. The van der Waals surface area contributed by atoms with Crippen molar-refractivity contribution in [1.29, 1.82) is 0 Å². The van der Waals surface area contributed by atoms with Gasteiger partial charge in [-0.3, -0.25) is 0 Å². The normalized spacial score (nSPS) is 14.0. The Bertz CT molecular complexity index is 1110. The molecule has 5 rings (SSSR count). The third-order valence-electron chi connectivity index (χ3n) is 5.79. The highest BCUT2D eigenvalue weighted by Crippen LogP contribution is 2.41. The number of methoxy groups -OCH3 is 1. The van der Waals surface area contributed by atoms with Crippen molar-refractivity contribution >= 4 is 10.8 Å². The second kappa shape index (κ2) is 7.69. The van der Waals surface area contributed by atoms with E-state index in [1.807, 2.05) is 6.07 Å². The number of hydrogen-bond donors (Lipinski definition) is 0. The first-order chi connectivity index (χ1) is 14.6. The zero-order valence-corrected chi connectivity index (χ0v) is 17.7. The van der Waals surface area contributed by atoms with Crippen LogP contribution in [-0.4, -0.2) is 46.0 Å². The van der Waals surface area contributed by atoms with Crippen molar-refractivity contribution in [3.63, 3.8) is 0 Å².